The molecule has 0 saturated carbocycles. The van der Waals surface area contributed by atoms with Gasteiger partial charge in [-0.2, -0.15) is 8.42 Å². The van der Waals surface area contributed by atoms with Gasteiger partial charge in [0.05, 0.1) is 4.90 Å². The van der Waals surface area contributed by atoms with Crippen LogP contribution in [0, 0.1) is 0 Å². The van der Waals surface area contributed by atoms with Gasteiger partial charge in [0.2, 0.25) is 0 Å². The molecule has 0 saturated heterocycles. The molecule has 0 aliphatic heterocycles. The molecule has 0 amide bonds. The Labute approximate surface area is 97.0 Å². The Morgan fingerprint density at radius 3 is 2.20 bits per heavy atom. The van der Waals surface area contributed by atoms with Crippen molar-refractivity contribution < 1.29 is 8.42 Å². The van der Waals surface area contributed by atoms with Crippen LogP contribution in [0.5, 0.6) is 0 Å². The fraction of sp³-hybridized carbons (Fsp3) is 0.250. The molecule has 7 heteroatoms. The first-order valence-electron chi connectivity index (χ1n) is 4.02. The molecule has 82 valence electrons. The highest BCUT2D eigenvalue weighted by atomic mass is 79.9. The summed E-state index contributed by atoms with van der Waals surface area (Å²) >= 11 is 3.22. The summed E-state index contributed by atoms with van der Waals surface area (Å²) in [6, 6.07) is 6.21. The first kappa shape index (κ1) is 12.1. The average Bonchev–Trinajstić information content (AvgIpc) is 2.16. The lowest BCUT2D eigenvalue weighted by Crippen LogP contribution is -2.03. The van der Waals surface area contributed by atoms with Gasteiger partial charge in [0.25, 0.3) is 0 Å². The maximum absolute atomic E-state index is 11.5. The van der Waals surface area contributed by atoms with E-state index in [2.05, 4.69) is 25.7 Å². The predicted molar refractivity (Wildman–Crippen MR) is 59.9 cm³/mol. The molecule has 1 rings (SSSR count). The molecular weight excluding hydrogens is 282 g/mol. The van der Waals surface area contributed by atoms with Crippen molar-refractivity contribution in [2.75, 3.05) is 14.1 Å². The number of hydrogen-bond acceptors (Lipinski definition) is 3. The van der Waals surface area contributed by atoms with Gasteiger partial charge in [0, 0.05) is 18.6 Å². The summed E-state index contributed by atoms with van der Waals surface area (Å²) in [5, 5.41) is 4.77. The van der Waals surface area contributed by atoms with Crippen molar-refractivity contribution in [2.45, 2.75) is 4.90 Å². The third-order valence-corrected chi connectivity index (χ3v) is 3.12. The van der Waals surface area contributed by atoms with E-state index in [9.17, 15) is 8.42 Å². The molecule has 0 fully saturated rings. The van der Waals surface area contributed by atoms with Crippen LogP contribution in [-0.2, 0) is 10.0 Å². The van der Waals surface area contributed by atoms with Crippen LogP contribution in [0.4, 0.5) is 0 Å². The van der Waals surface area contributed by atoms with Crippen molar-refractivity contribution in [3.05, 3.63) is 28.7 Å². The van der Waals surface area contributed by atoms with Gasteiger partial charge in [-0.25, -0.2) is 0 Å². The van der Waals surface area contributed by atoms with Crippen molar-refractivity contribution in [2.24, 2.45) is 9.74 Å². The Morgan fingerprint density at radius 2 is 1.73 bits per heavy atom. The first-order chi connectivity index (χ1) is 6.92. The summed E-state index contributed by atoms with van der Waals surface area (Å²) in [5.41, 5.74) is 0. The lowest BCUT2D eigenvalue weighted by atomic mass is 10.4. The molecule has 15 heavy (non-hydrogen) atoms. The molecule has 5 nitrogen and oxygen atoms in total. The van der Waals surface area contributed by atoms with E-state index in [1.165, 1.54) is 17.1 Å². The Hall–Kier alpha value is -0.950. The minimum Gasteiger partial charge on any atom is -0.284 e. The van der Waals surface area contributed by atoms with E-state index in [1.54, 1.807) is 26.2 Å². The Balaban J connectivity index is 3.02. The average molecular weight is 292 g/mol. The summed E-state index contributed by atoms with van der Waals surface area (Å²) in [6.45, 7) is 0. The van der Waals surface area contributed by atoms with Crippen molar-refractivity contribution in [1.82, 2.24) is 5.01 Å². The summed E-state index contributed by atoms with van der Waals surface area (Å²) in [7, 11) is -0.481. The maximum Gasteiger partial charge on any atom is 0.301 e. The summed E-state index contributed by atoms with van der Waals surface area (Å²) in [4.78, 5) is 0.122. The molecule has 0 bridgehead atoms. The third kappa shape index (κ3) is 3.60. The lowest BCUT2D eigenvalue weighted by molar-refractivity contribution is 0.410. The molecule has 0 spiro atoms. The SMILES string of the molecule is CN(C)/N=N/S(=O)(=O)c1ccc(Br)cc1. The monoisotopic (exact) mass is 291 g/mol. The molecule has 0 heterocycles. The molecule has 1 aromatic carbocycles. The molecule has 0 atom stereocenters. The zero-order chi connectivity index (χ0) is 11.5. The van der Waals surface area contributed by atoms with Gasteiger partial charge in [0.15, 0.2) is 0 Å². The van der Waals surface area contributed by atoms with Crippen molar-refractivity contribution in [1.29, 1.82) is 0 Å². The van der Waals surface area contributed by atoms with Gasteiger partial charge in [0.1, 0.15) is 0 Å². The van der Waals surface area contributed by atoms with Gasteiger partial charge < -0.3 is 0 Å². The molecular formula is C8H10BrN3O2S. The molecule has 0 radical (unpaired) electrons. The van der Waals surface area contributed by atoms with Gasteiger partial charge in [-0.05, 0) is 28.8 Å². The van der Waals surface area contributed by atoms with Crippen molar-refractivity contribution in [3.8, 4) is 0 Å². The highest BCUT2D eigenvalue weighted by Gasteiger charge is 2.12. The number of nitrogens with zero attached hydrogens (tertiary/aromatic N) is 3. The van der Waals surface area contributed by atoms with Crippen LogP contribution in [0.25, 0.3) is 0 Å². The lowest BCUT2D eigenvalue weighted by Gasteiger charge is -2.01. The van der Waals surface area contributed by atoms with Crippen LogP contribution in [-0.4, -0.2) is 27.5 Å². The van der Waals surface area contributed by atoms with Gasteiger partial charge >= 0.3 is 10.0 Å². The molecule has 0 aliphatic rings. The van der Waals surface area contributed by atoms with E-state index in [1.807, 2.05) is 0 Å². The summed E-state index contributed by atoms with van der Waals surface area (Å²) in [5.74, 6) is 0. The normalized spacial score (nSPS) is 11.9. The predicted octanol–water partition coefficient (Wildman–Crippen LogP) is 2.07. The second kappa shape index (κ2) is 4.71. The quantitative estimate of drug-likeness (QED) is 0.633. The van der Waals surface area contributed by atoms with Crippen molar-refractivity contribution in [3.63, 3.8) is 0 Å². The van der Waals surface area contributed by atoms with E-state index in [4.69, 9.17) is 0 Å². The van der Waals surface area contributed by atoms with Crippen molar-refractivity contribution >= 4 is 26.0 Å². The van der Waals surface area contributed by atoms with E-state index in [-0.39, 0.29) is 4.90 Å². The molecule has 0 unspecified atom stereocenters. The highest BCUT2D eigenvalue weighted by Crippen LogP contribution is 2.16. The maximum atomic E-state index is 11.5. The van der Waals surface area contributed by atoms with Gasteiger partial charge in [-0.1, -0.05) is 21.2 Å². The van der Waals surface area contributed by atoms with E-state index >= 15 is 0 Å². The minimum absolute atomic E-state index is 0.122. The number of rotatable bonds is 3. The third-order valence-electron chi connectivity index (χ3n) is 1.43. The summed E-state index contributed by atoms with van der Waals surface area (Å²) < 4.78 is 27.2. The highest BCUT2D eigenvalue weighted by molar-refractivity contribution is 9.10. The fourth-order valence-electron chi connectivity index (χ4n) is 0.775. The van der Waals surface area contributed by atoms with Gasteiger partial charge in [-0.3, -0.25) is 5.01 Å². The Kier molecular flexibility index (Phi) is 3.81. The molecule has 0 N–H and O–H groups in total. The van der Waals surface area contributed by atoms with Crippen LogP contribution in [0.3, 0.4) is 0 Å². The number of hydrogen-bond donors (Lipinski definition) is 0. The zero-order valence-electron chi connectivity index (χ0n) is 8.25. The number of halogens is 1. The van der Waals surface area contributed by atoms with E-state index < -0.39 is 10.0 Å². The Morgan fingerprint density at radius 1 is 1.20 bits per heavy atom. The molecule has 1 aromatic rings. The second-order valence-electron chi connectivity index (χ2n) is 2.95. The van der Waals surface area contributed by atoms with Crippen LogP contribution in [0.15, 0.2) is 43.4 Å². The number of sulfonamides is 1. The smallest absolute Gasteiger partial charge is 0.284 e. The van der Waals surface area contributed by atoms with Crippen LogP contribution in [0.1, 0.15) is 0 Å². The van der Waals surface area contributed by atoms with Crippen LogP contribution >= 0.6 is 15.9 Å². The first-order valence-corrected chi connectivity index (χ1v) is 6.26. The fourth-order valence-corrected chi connectivity index (χ4v) is 1.86. The Bertz CT molecular complexity index is 453. The standard InChI is InChI=1S/C8H10BrN3O2S/c1-12(2)10-11-15(13,14)8-5-3-7(9)4-6-8/h3-6H,1-2H3/b11-10+. The second-order valence-corrected chi connectivity index (χ2v) is 5.45. The molecule has 0 aromatic heterocycles. The minimum atomic E-state index is -3.68. The number of benzene rings is 1. The van der Waals surface area contributed by atoms with E-state index in [0.717, 1.165) is 4.47 Å². The summed E-state index contributed by atoms with van der Waals surface area (Å²) in [6.07, 6.45) is 0. The van der Waals surface area contributed by atoms with Crippen LogP contribution in [0.2, 0.25) is 0 Å². The zero-order valence-corrected chi connectivity index (χ0v) is 10.7. The van der Waals surface area contributed by atoms with Crippen LogP contribution < -0.4 is 0 Å². The van der Waals surface area contributed by atoms with Gasteiger partial charge in [-0.15, -0.1) is 0 Å². The largest absolute Gasteiger partial charge is 0.301 e. The topological polar surface area (TPSA) is 62.1 Å². The van der Waals surface area contributed by atoms with E-state index in [0.29, 0.717) is 0 Å². The molecule has 0 aliphatic carbocycles.